The summed E-state index contributed by atoms with van der Waals surface area (Å²) in [6.07, 6.45) is 7.11. The van der Waals surface area contributed by atoms with Gasteiger partial charge in [0, 0.05) is 17.6 Å². The van der Waals surface area contributed by atoms with E-state index < -0.39 is 0 Å². The average molecular weight is 360 g/mol. The second kappa shape index (κ2) is 4.95. The van der Waals surface area contributed by atoms with E-state index in [2.05, 4.69) is 27.1 Å². The average Bonchev–Trinajstić information content (AvgIpc) is 3.04. The highest BCUT2D eigenvalue weighted by molar-refractivity contribution is 9.10. The molecule has 2 aliphatic rings. The molecule has 1 amide bonds. The predicted octanol–water partition coefficient (Wildman–Crippen LogP) is 4.06. The molecule has 5 heteroatoms. The summed E-state index contributed by atoms with van der Waals surface area (Å²) in [6.45, 7) is 0. The molecular formula is C17H18BrN3O. The third-order valence-corrected chi connectivity index (χ3v) is 5.71. The van der Waals surface area contributed by atoms with Crippen LogP contribution in [0, 0.1) is 0 Å². The Morgan fingerprint density at radius 2 is 1.95 bits per heavy atom. The summed E-state index contributed by atoms with van der Waals surface area (Å²) in [7, 11) is 1.88. The van der Waals surface area contributed by atoms with Crippen molar-refractivity contribution in [3.8, 4) is 0 Å². The normalized spacial score (nSPS) is 19.7. The van der Waals surface area contributed by atoms with E-state index in [9.17, 15) is 4.79 Å². The van der Waals surface area contributed by atoms with Gasteiger partial charge in [0.1, 0.15) is 5.82 Å². The molecule has 1 aliphatic heterocycles. The highest BCUT2D eigenvalue weighted by atomic mass is 79.9. The zero-order valence-corrected chi connectivity index (χ0v) is 14.1. The maximum Gasteiger partial charge on any atom is 0.243 e. The Balaban J connectivity index is 1.96. The van der Waals surface area contributed by atoms with Gasteiger partial charge in [-0.15, -0.1) is 0 Å². The summed E-state index contributed by atoms with van der Waals surface area (Å²) in [5.74, 6) is 1.04. The van der Waals surface area contributed by atoms with Gasteiger partial charge < -0.3 is 0 Å². The molecule has 0 unspecified atom stereocenters. The van der Waals surface area contributed by atoms with E-state index in [0.29, 0.717) is 0 Å². The smallest absolute Gasteiger partial charge is 0.243 e. The van der Waals surface area contributed by atoms with Crippen molar-refractivity contribution in [1.82, 2.24) is 9.78 Å². The zero-order chi connectivity index (χ0) is 15.3. The number of amides is 1. The van der Waals surface area contributed by atoms with Crippen LogP contribution in [0.25, 0.3) is 0 Å². The number of carbonyl (C=O) groups is 1. The summed E-state index contributed by atoms with van der Waals surface area (Å²) >= 11 is 3.65. The third kappa shape index (κ3) is 1.75. The van der Waals surface area contributed by atoms with Gasteiger partial charge in [0.15, 0.2) is 0 Å². The highest BCUT2D eigenvalue weighted by Gasteiger charge is 2.52. The summed E-state index contributed by atoms with van der Waals surface area (Å²) in [6, 6.07) is 8.08. The monoisotopic (exact) mass is 359 g/mol. The maximum absolute atomic E-state index is 13.4. The van der Waals surface area contributed by atoms with Crippen LogP contribution in [0.2, 0.25) is 0 Å². The summed E-state index contributed by atoms with van der Waals surface area (Å²) < 4.78 is 2.74. The summed E-state index contributed by atoms with van der Waals surface area (Å²) in [5.41, 5.74) is 1.83. The molecule has 1 fully saturated rings. The molecule has 114 valence electrons. The van der Waals surface area contributed by atoms with Crippen molar-refractivity contribution >= 4 is 33.3 Å². The fourth-order valence-electron chi connectivity index (χ4n) is 4.00. The number of aryl methyl sites for hydroxylation is 1. The van der Waals surface area contributed by atoms with Crippen LogP contribution in [-0.2, 0) is 17.3 Å². The minimum absolute atomic E-state index is 0.206. The molecule has 4 nitrogen and oxygen atoms in total. The number of halogens is 1. The van der Waals surface area contributed by atoms with E-state index in [1.807, 2.05) is 30.1 Å². The van der Waals surface area contributed by atoms with Crippen molar-refractivity contribution in [2.75, 3.05) is 4.90 Å². The molecular weight excluding hydrogens is 342 g/mol. The van der Waals surface area contributed by atoms with Gasteiger partial charge in [0.05, 0.1) is 17.3 Å². The van der Waals surface area contributed by atoms with E-state index in [-0.39, 0.29) is 11.3 Å². The standard InChI is InChI=1S/C17H18BrN3O/c1-20-14(8-11-19-20)21-15-12(6-5-7-13(15)18)17(16(21)22)9-3-2-4-10-17/h5-8,11H,2-4,9-10H2,1H3. The predicted molar refractivity (Wildman–Crippen MR) is 89.3 cm³/mol. The topological polar surface area (TPSA) is 38.1 Å². The Hall–Kier alpha value is -1.62. The number of benzene rings is 1. The van der Waals surface area contributed by atoms with Gasteiger partial charge in [0.2, 0.25) is 5.91 Å². The lowest BCUT2D eigenvalue weighted by atomic mass is 9.70. The van der Waals surface area contributed by atoms with Gasteiger partial charge in [-0.1, -0.05) is 31.4 Å². The number of nitrogens with zero attached hydrogens (tertiary/aromatic N) is 3. The molecule has 22 heavy (non-hydrogen) atoms. The fraction of sp³-hybridized carbons (Fsp3) is 0.412. The van der Waals surface area contributed by atoms with Gasteiger partial charge >= 0.3 is 0 Å². The summed E-state index contributed by atoms with van der Waals surface area (Å²) in [5, 5.41) is 4.24. The molecule has 1 aliphatic carbocycles. The molecule has 0 atom stereocenters. The van der Waals surface area contributed by atoms with Crippen molar-refractivity contribution in [3.63, 3.8) is 0 Å². The molecule has 2 aromatic rings. The Morgan fingerprint density at radius 1 is 1.18 bits per heavy atom. The lowest BCUT2D eigenvalue weighted by Gasteiger charge is -2.32. The first-order chi connectivity index (χ1) is 10.6. The van der Waals surface area contributed by atoms with Gasteiger partial charge in [-0.05, 0) is 40.4 Å². The number of hydrogen-bond acceptors (Lipinski definition) is 2. The molecule has 1 saturated carbocycles. The number of carbonyl (C=O) groups excluding carboxylic acids is 1. The first-order valence-corrected chi connectivity index (χ1v) is 8.56. The largest absolute Gasteiger partial charge is 0.273 e. The van der Waals surface area contributed by atoms with Crippen LogP contribution >= 0.6 is 15.9 Å². The highest BCUT2D eigenvalue weighted by Crippen LogP contribution is 2.54. The third-order valence-electron chi connectivity index (χ3n) is 5.07. The number of hydrogen-bond donors (Lipinski definition) is 0. The number of para-hydroxylation sites is 1. The van der Waals surface area contributed by atoms with Gasteiger partial charge in [-0.3, -0.25) is 14.4 Å². The zero-order valence-electron chi connectivity index (χ0n) is 12.6. The maximum atomic E-state index is 13.4. The van der Waals surface area contributed by atoms with E-state index >= 15 is 0 Å². The van der Waals surface area contributed by atoms with Crippen LogP contribution in [0.1, 0.15) is 37.7 Å². The second-order valence-corrected chi connectivity index (χ2v) is 7.09. The van der Waals surface area contributed by atoms with Gasteiger partial charge in [-0.2, -0.15) is 5.10 Å². The molecule has 0 radical (unpaired) electrons. The van der Waals surface area contributed by atoms with Crippen molar-refractivity contribution in [1.29, 1.82) is 0 Å². The Kier molecular flexibility index (Phi) is 3.15. The second-order valence-electron chi connectivity index (χ2n) is 6.23. The van der Waals surface area contributed by atoms with Crippen molar-refractivity contribution in [2.45, 2.75) is 37.5 Å². The lowest BCUT2D eigenvalue weighted by Crippen LogP contribution is -2.40. The lowest BCUT2D eigenvalue weighted by molar-refractivity contribution is -0.123. The number of rotatable bonds is 1. The minimum Gasteiger partial charge on any atom is -0.273 e. The van der Waals surface area contributed by atoms with Crippen LogP contribution in [0.5, 0.6) is 0 Å². The molecule has 1 aromatic heterocycles. The van der Waals surface area contributed by atoms with E-state index in [1.54, 1.807) is 10.9 Å². The fourth-order valence-corrected chi connectivity index (χ4v) is 4.55. The van der Waals surface area contributed by atoms with Gasteiger partial charge in [0.25, 0.3) is 0 Å². The molecule has 1 aromatic carbocycles. The van der Waals surface area contributed by atoms with E-state index in [4.69, 9.17) is 0 Å². The van der Waals surface area contributed by atoms with Crippen LogP contribution in [0.3, 0.4) is 0 Å². The van der Waals surface area contributed by atoms with E-state index in [0.717, 1.165) is 41.7 Å². The van der Waals surface area contributed by atoms with Crippen molar-refractivity contribution in [2.24, 2.45) is 7.05 Å². The number of fused-ring (bicyclic) bond motifs is 2. The molecule has 2 heterocycles. The Labute approximate surface area is 138 Å². The van der Waals surface area contributed by atoms with Crippen molar-refractivity contribution < 1.29 is 4.79 Å². The van der Waals surface area contributed by atoms with Crippen LogP contribution < -0.4 is 4.90 Å². The minimum atomic E-state index is -0.346. The first kappa shape index (κ1) is 14.0. The van der Waals surface area contributed by atoms with Gasteiger partial charge in [-0.25, -0.2) is 0 Å². The SMILES string of the molecule is Cn1nccc1N1C(=O)C2(CCCCC2)c2cccc(Br)c21. The van der Waals surface area contributed by atoms with Crippen LogP contribution in [0.15, 0.2) is 34.9 Å². The molecule has 0 N–H and O–H groups in total. The molecule has 1 spiro atoms. The molecule has 0 saturated heterocycles. The number of aromatic nitrogens is 2. The molecule has 4 rings (SSSR count). The first-order valence-electron chi connectivity index (χ1n) is 7.77. The Morgan fingerprint density at radius 3 is 2.64 bits per heavy atom. The Bertz CT molecular complexity index is 746. The molecule has 0 bridgehead atoms. The number of anilines is 2. The quantitative estimate of drug-likeness (QED) is 0.769. The van der Waals surface area contributed by atoms with Crippen LogP contribution in [0.4, 0.5) is 11.5 Å². The summed E-state index contributed by atoms with van der Waals surface area (Å²) in [4.78, 5) is 15.3. The van der Waals surface area contributed by atoms with Crippen LogP contribution in [-0.4, -0.2) is 15.7 Å². The van der Waals surface area contributed by atoms with Crippen molar-refractivity contribution in [3.05, 3.63) is 40.5 Å². The van der Waals surface area contributed by atoms with E-state index in [1.165, 1.54) is 12.0 Å².